The molecule has 23 heavy (non-hydrogen) atoms. The highest BCUT2D eigenvalue weighted by Gasteiger charge is 2.13. The van der Waals surface area contributed by atoms with Crippen molar-refractivity contribution in [3.63, 3.8) is 0 Å². The van der Waals surface area contributed by atoms with E-state index in [9.17, 15) is 9.18 Å². The summed E-state index contributed by atoms with van der Waals surface area (Å²) >= 11 is 6.00. The van der Waals surface area contributed by atoms with Gasteiger partial charge in [-0.05, 0) is 42.3 Å². The number of rotatable bonds is 4. The summed E-state index contributed by atoms with van der Waals surface area (Å²) in [5.41, 5.74) is 2.48. The van der Waals surface area contributed by atoms with Crippen molar-refractivity contribution in [3.05, 3.63) is 70.6 Å². The Bertz CT molecular complexity index is 855. The van der Waals surface area contributed by atoms with Gasteiger partial charge in [0.15, 0.2) is 0 Å². The summed E-state index contributed by atoms with van der Waals surface area (Å²) in [6, 6.07) is 13.7. The third-order valence-corrected chi connectivity index (χ3v) is 4.09. The summed E-state index contributed by atoms with van der Waals surface area (Å²) in [4.78, 5) is 12.3. The number of hydrogen-bond acceptors (Lipinski definition) is 1. The Kier molecular flexibility index (Phi) is 4.35. The maximum atomic E-state index is 12.9. The Morgan fingerprint density at radius 1 is 1.17 bits per heavy atom. The summed E-state index contributed by atoms with van der Waals surface area (Å²) < 4.78 is 14.7. The number of hydrogen-bond donors (Lipinski definition) is 1. The van der Waals surface area contributed by atoms with E-state index >= 15 is 0 Å². The van der Waals surface area contributed by atoms with Crippen LogP contribution in [0.5, 0.6) is 0 Å². The zero-order valence-electron chi connectivity index (χ0n) is 12.6. The molecule has 0 saturated heterocycles. The van der Waals surface area contributed by atoms with E-state index in [0.29, 0.717) is 23.7 Å². The Balaban J connectivity index is 1.68. The number of halogens is 2. The van der Waals surface area contributed by atoms with Crippen LogP contribution in [0.3, 0.4) is 0 Å². The smallest absolute Gasteiger partial charge is 0.267 e. The van der Waals surface area contributed by atoms with E-state index < -0.39 is 0 Å². The molecule has 0 fully saturated rings. The molecule has 0 saturated carbocycles. The van der Waals surface area contributed by atoms with Gasteiger partial charge in [-0.2, -0.15) is 0 Å². The van der Waals surface area contributed by atoms with Gasteiger partial charge in [-0.1, -0.05) is 29.8 Å². The molecular formula is C18H16ClFN2O. The van der Waals surface area contributed by atoms with Crippen LogP contribution in [-0.4, -0.2) is 17.0 Å². The minimum absolute atomic E-state index is 0.137. The second-order valence-corrected chi connectivity index (χ2v) is 5.86. The van der Waals surface area contributed by atoms with Crippen LogP contribution in [-0.2, 0) is 13.5 Å². The topological polar surface area (TPSA) is 34.0 Å². The molecule has 0 bridgehead atoms. The molecule has 0 aliphatic heterocycles. The molecule has 5 heteroatoms. The Morgan fingerprint density at radius 3 is 2.65 bits per heavy atom. The summed E-state index contributed by atoms with van der Waals surface area (Å²) in [5.74, 6) is -0.395. The molecule has 0 atom stereocenters. The van der Waals surface area contributed by atoms with Crippen molar-refractivity contribution in [1.82, 2.24) is 9.88 Å². The SMILES string of the molecule is Cn1c(C(=O)NCCc2ccc(F)cc2)cc2ccc(Cl)cc21. The molecule has 0 aliphatic rings. The minimum atomic E-state index is -0.257. The molecule has 118 valence electrons. The molecule has 3 aromatic rings. The van der Waals surface area contributed by atoms with Crippen LogP contribution < -0.4 is 5.32 Å². The number of fused-ring (bicyclic) bond motifs is 1. The maximum absolute atomic E-state index is 12.9. The summed E-state index contributed by atoms with van der Waals surface area (Å²) in [7, 11) is 1.84. The standard InChI is InChI=1S/C18H16ClFN2O/c1-22-16-11-14(19)5-4-13(16)10-17(22)18(23)21-9-8-12-2-6-15(20)7-3-12/h2-7,10-11H,8-9H2,1H3,(H,21,23). The van der Waals surface area contributed by atoms with Crippen molar-refractivity contribution in [2.75, 3.05) is 6.54 Å². The van der Waals surface area contributed by atoms with Gasteiger partial charge in [0.05, 0.1) is 0 Å². The highest BCUT2D eigenvalue weighted by atomic mass is 35.5. The Labute approximate surface area is 138 Å². The lowest BCUT2D eigenvalue weighted by Crippen LogP contribution is -2.27. The average molecular weight is 331 g/mol. The molecule has 3 rings (SSSR count). The second-order valence-electron chi connectivity index (χ2n) is 5.42. The van der Waals surface area contributed by atoms with Gasteiger partial charge < -0.3 is 9.88 Å². The van der Waals surface area contributed by atoms with Gasteiger partial charge in [-0.3, -0.25) is 4.79 Å². The largest absolute Gasteiger partial charge is 0.350 e. The normalized spacial score (nSPS) is 10.9. The van der Waals surface area contributed by atoms with Crippen molar-refractivity contribution in [2.45, 2.75) is 6.42 Å². The molecule has 0 spiro atoms. The predicted molar refractivity (Wildman–Crippen MR) is 90.4 cm³/mol. The molecule has 0 aliphatic carbocycles. The second kappa shape index (κ2) is 6.42. The number of nitrogens with one attached hydrogen (secondary N) is 1. The molecule has 0 unspecified atom stereocenters. The average Bonchev–Trinajstić information content (AvgIpc) is 2.86. The van der Waals surface area contributed by atoms with E-state index in [0.717, 1.165) is 16.5 Å². The van der Waals surface area contributed by atoms with Crippen LogP contribution in [0.4, 0.5) is 4.39 Å². The zero-order valence-corrected chi connectivity index (χ0v) is 13.4. The number of aromatic nitrogens is 1. The van der Waals surface area contributed by atoms with Crippen LogP contribution in [0, 0.1) is 5.82 Å². The molecule has 1 heterocycles. The van der Waals surface area contributed by atoms with E-state index in [2.05, 4.69) is 5.32 Å². The van der Waals surface area contributed by atoms with Gasteiger partial charge in [0.1, 0.15) is 11.5 Å². The zero-order chi connectivity index (χ0) is 16.4. The highest BCUT2D eigenvalue weighted by Crippen LogP contribution is 2.22. The van der Waals surface area contributed by atoms with Crippen molar-refractivity contribution in [1.29, 1.82) is 0 Å². The molecular weight excluding hydrogens is 315 g/mol. The first-order valence-electron chi connectivity index (χ1n) is 7.32. The van der Waals surface area contributed by atoms with Gasteiger partial charge >= 0.3 is 0 Å². The lowest BCUT2D eigenvalue weighted by atomic mass is 10.1. The van der Waals surface area contributed by atoms with Crippen molar-refractivity contribution < 1.29 is 9.18 Å². The summed E-state index contributed by atoms with van der Waals surface area (Å²) in [5, 5.41) is 4.51. The van der Waals surface area contributed by atoms with Crippen LogP contribution >= 0.6 is 11.6 Å². The first-order valence-corrected chi connectivity index (χ1v) is 7.70. The van der Waals surface area contributed by atoms with Crippen LogP contribution in [0.25, 0.3) is 10.9 Å². The number of amides is 1. The van der Waals surface area contributed by atoms with E-state index in [-0.39, 0.29) is 11.7 Å². The molecule has 1 N–H and O–H groups in total. The lowest BCUT2D eigenvalue weighted by molar-refractivity contribution is 0.0946. The number of carbonyl (C=O) groups excluding carboxylic acids is 1. The molecule has 1 amide bonds. The van der Waals surface area contributed by atoms with Crippen LogP contribution in [0.15, 0.2) is 48.5 Å². The third-order valence-electron chi connectivity index (χ3n) is 3.85. The quantitative estimate of drug-likeness (QED) is 0.772. The van der Waals surface area contributed by atoms with E-state index in [4.69, 9.17) is 11.6 Å². The maximum Gasteiger partial charge on any atom is 0.267 e. The predicted octanol–water partition coefficient (Wildman–Crippen LogP) is 3.94. The monoisotopic (exact) mass is 330 g/mol. The lowest BCUT2D eigenvalue weighted by Gasteiger charge is -2.07. The number of nitrogens with zero attached hydrogens (tertiary/aromatic N) is 1. The van der Waals surface area contributed by atoms with Crippen molar-refractivity contribution >= 4 is 28.4 Å². The van der Waals surface area contributed by atoms with Gasteiger partial charge in [-0.25, -0.2) is 4.39 Å². The molecule has 0 radical (unpaired) electrons. The van der Waals surface area contributed by atoms with E-state index in [1.54, 1.807) is 18.2 Å². The van der Waals surface area contributed by atoms with Gasteiger partial charge in [0.2, 0.25) is 0 Å². The van der Waals surface area contributed by atoms with Crippen molar-refractivity contribution in [3.8, 4) is 0 Å². The van der Waals surface area contributed by atoms with E-state index in [1.807, 2.05) is 29.8 Å². The number of benzene rings is 2. The van der Waals surface area contributed by atoms with Crippen LogP contribution in [0.1, 0.15) is 16.1 Å². The van der Waals surface area contributed by atoms with Gasteiger partial charge in [0, 0.05) is 29.5 Å². The third kappa shape index (κ3) is 3.37. The summed E-state index contributed by atoms with van der Waals surface area (Å²) in [6.45, 7) is 0.493. The van der Waals surface area contributed by atoms with Crippen LogP contribution in [0.2, 0.25) is 5.02 Å². The minimum Gasteiger partial charge on any atom is -0.350 e. The van der Waals surface area contributed by atoms with Gasteiger partial charge in [-0.15, -0.1) is 0 Å². The van der Waals surface area contributed by atoms with E-state index in [1.165, 1.54) is 12.1 Å². The van der Waals surface area contributed by atoms with Gasteiger partial charge in [0.25, 0.3) is 5.91 Å². The van der Waals surface area contributed by atoms with Crippen molar-refractivity contribution in [2.24, 2.45) is 7.05 Å². The number of carbonyl (C=O) groups is 1. The molecule has 3 nitrogen and oxygen atoms in total. The molecule has 2 aromatic carbocycles. The number of aryl methyl sites for hydroxylation is 1. The fourth-order valence-corrected chi connectivity index (χ4v) is 2.75. The first kappa shape index (κ1) is 15.6. The fourth-order valence-electron chi connectivity index (χ4n) is 2.58. The Morgan fingerprint density at radius 2 is 1.91 bits per heavy atom. The first-order chi connectivity index (χ1) is 11.0. The highest BCUT2D eigenvalue weighted by molar-refractivity contribution is 6.31. The summed E-state index contributed by atoms with van der Waals surface area (Å²) in [6.07, 6.45) is 0.655. The fraction of sp³-hybridized carbons (Fsp3) is 0.167. The molecule has 1 aromatic heterocycles. The Hall–Kier alpha value is -2.33.